The zero-order chi connectivity index (χ0) is 18.3. The van der Waals surface area contributed by atoms with Crippen LogP contribution in [0.15, 0.2) is 60.9 Å². The maximum atomic E-state index is 4.53. The number of rotatable bonds is 2. The standard InChI is InChI=1S/C23H22N3/c1-15-12-16(2)17(3)19(13-15)22-20(23-24-10-7-11-25-23)14-18-8-5-6-9-21(18)26(22)4/h5-14H,1-4H3/q+1. The lowest BCUT2D eigenvalue weighted by Gasteiger charge is -2.13. The molecule has 0 amide bonds. The molecule has 128 valence electrons. The number of para-hydroxylation sites is 1. The smallest absolute Gasteiger partial charge is 0.224 e. The van der Waals surface area contributed by atoms with Gasteiger partial charge in [-0.1, -0.05) is 23.8 Å². The molecule has 3 nitrogen and oxygen atoms in total. The van der Waals surface area contributed by atoms with Gasteiger partial charge in [0.15, 0.2) is 5.82 Å². The van der Waals surface area contributed by atoms with E-state index in [-0.39, 0.29) is 0 Å². The zero-order valence-corrected chi connectivity index (χ0v) is 15.6. The Kier molecular flexibility index (Phi) is 4.00. The molecule has 0 fully saturated rings. The molecule has 2 aromatic carbocycles. The number of hydrogen-bond donors (Lipinski definition) is 0. The minimum absolute atomic E-state index is 0.752. The SMILES string of the molecule is Cc1cc(C)c(C)c(-c2c(-c3ncccn3)cc3ccccc3[n+]2C)c1. The van der Waals surface area contributed by atoms with Crippen molar-refractivity contribution < 1.29 is 4.57 Å². The van der Waals surface area contributed by atoms with Crippen molar-refractivity contribution in [1.29, 1.82) is 0 Å². The molecule has 0 aliphatic rings. The van der Waals surface area contributed by atoms with E-state index in [9.17, 15) is 0 Å². The average Bonchev–Trinajstić information content (AvgIpc) is 2.65. The van der Waals surface area contributed by atoms with E-state index in [4.69, 9.17) is 0 Å². The van der Waals surface area contributed by atoms with Crippen LogP contribution in [-0.2, 0) is 7.05 Å². The number of benzene rings is 2. The summed E-state index contributed by atoms with van der Waals surface area (Å²) >= 11 is 0. The maximum Gasteiger partial charge on any atom is 0.224 e. The normalized spacial score (nSPS) is 11.1. The van der Waals surface area contributed by atoms with Crippen LogP contribution in [0.5, 0.6) is 0 Å². The number of pyridine rings is 1. The molecular formula is C23H22N3+. The van der Waals surface area contributed by atoms with E-state index < -0.39 is 0 Å². The molecule has 0 radical (unpaired) electrons. The second-order valence-corrected chi connectivity index (χ2v) is 6.85. The van der Waals surface area contributed by atoms with Crippen LogP contribution in [0.2, 0.25) is 0 Å². The van der Waals surface area contributed by atoms with E-state index in [1.54, 1.807) is 12.4 Å². The molecule has 2 heterocycles. The van der Waals surface area contributed by atoms with Crippen LogP contribution >= 0.6 is 0 Å². The summed E-state index contributed by atoms with van der Waals surface area (Å²) in [4.78, 5) is 9.07. The highest BCUT2D eigenvalue weighted by molar-refractivity contribution is 5.87. The quantitative estimate of drug-likeness (QED) is 0.495. The predicted molar refractivity (Wildman–Crippen MR) is 106 cm³/mol. The summed E-state index contributed by atoms with van der Waals surface area (Å²) in [6.07, 6.45) is 3.60. The Labute approximate surface area is 154 Å². The molecule has 0 saturated heterocycles. The fourth-order valence-corrected chi connectivity index (χ4v) is 3.66. The third-order valence-corrected chi connectivity index (χ3v) is 5.06. The molecule has 0 spiro atoms. The first-order chi connectivity index (χ1) is 12.6. The van der Waals surface area contributed by atoms with Crippen molar-refractivity contribution in [2.24, 2.45) is 7.05 Å². The predicted octanol–water partition coefficient (Wildman–Crippen LogP) is 4.71. The van der Waals surface area contributed by atoms with Crippen molar-refractivity contribution in [1.82, 2.24) is 9.97 Å². The molecule has 0 aliphatic heterocycles. The first kappa shape index (κ1) is 16.4. The second kappa shape index (κ2) is 6.34. The third-order valence-electron chi connectivity index (χ3n) is 5.06. The lowest BCUT2D eigenvalue weighted by molar-refractivity contribution is -0.633. The van der Waals surface area contributed by atoms with Gasteiger partial charge >= 0.3 is 0 Å². The monoisotopic (exact) mass is 340 g/mol. The van der Waals surface area contributed by atoms with Crippen molar-refractivity contribution in [3.63, 3.8) is 0 Å². The van der Waals surface area contributed by atoms with Gasteiger partial charge in [0.25, 0.3) is 0 Å². The van der Waals surface area contributed by atoms with Crippen molar-refractivity contribution >= 4 is 10.9 Å². The Hall–Kier alpha value is -3.07. The topological polar surface area (TPSA) is 29.7 Å². The Morgan fingerprint density at radius 1 is 0.808 bits per heavy atom. The highest BCUT2D eigenvalue weighted by Crippen LogP contribution is 2.33. The number of fused-ring (bicyclic) bond motifs is 1. The van der Waals surface area contributed by atoms with Crippen LogP contribution in [0.1, 0.15) is 16.7 Å². The Morgan fingerprint density at radius 2 is 1.54 bits per heavy atom. The van der Waals surface area contributed by atoms with Gasteiger partial charge in [-0.05, 0) is 56.2 Å². The number of nitrogens with zero attached hydrogens (tertiary/aromatic N) is 3. The highest BCUT2D eigenvalue weighted by Gasteiger charge is 2.24. The fourth-order valence-electron chi connectivity index (χ4n) is 3.66. The molecule has 0 N–H and O–H groups in total. The van der Waals surface area contributed by atoms with Gasteiger partial charge < -0.3 is 0 Å². The molecule has 0 aliphatic carbocycles. The molecule has 26 heavy (non-hydrogen) atoms. The van der Waals surface area contributed by atoms with Gasteiger partial charge in [-0.15, -0.1) is 0 Å². The molecule has 0 bridgehead atoms. The van der Waals surface area contributed by atoms with Crippen LogP contribution < -0.4 is 4.57 Å². The van der Waals surface area contributed by atoms with Gasteiger partial charge in [0.05, 0.1) is 11.1 Å². The summed E-state index contributed by atoms with van der Waals surface area (Å²) in [6.45, 7) is 6.51. The number of aryl methyl sites for hydroxylation is 3. The summed E-state index contributed by atoms with van der Waals surface area (Å²) in [5.41, 5.74) is 8.49. The van der Waals surface area contributed by atoms with E-state index >= 15 is 0 Å². The molecule has 4 rings (SSSR count). The van der Waals surface area contributed by atoms with Crippen molar-refractivity contribution in [3.8, 4) is 22.6 Å². The Balaban J connectivity index is 2.16. The van der Waals surface area contributed by atoms with E-state index in [2.05, 4.69) is 84.8 Å². The van der Waals surface area contributed by atoms with Crippen molar-refractivity contribution in [2.45, 2.75) is 20.8 Å². The summed E-state index contributed by atoms with van der Waals surface area (Å²) in [5, 5.41) is 1.18. The van der Waals surface area contributed by atoms with E-state index in [1.165, 1.54) is 33.2 Å². The van der Waals surface area contributed by atoms with Gasteiger partial charge in [-0.25, -0.2) is 9.97 Å². The highest BCUT2D eigenvalue weighted by atomic mass is 15.0. The summed E-state index contributed by atoms with van der Waals surface area (Å²) < 4.78 is 2.27. The van der Waals surface area contributed by atoms with Gasteiger partial charge in [0.1, 0.15) is 7.05 Å². The molecular weight excluding hydrogens is 318 g/mol. The number of hydrogen-bond acceptors (Lipinski definition) is 2. The molecule has 4 aromatic rings. The lowest BCUT2D eigenvalue weighted by Crippen LogP contribution is -2.33. The van der Waals surface area contributed by atoms with E-state index in [0.717, 1.165) is 17.1 Å². The number of aromatic nitrogens is 3. The van der Waals surface area contributed by atoms with Crippen LogP contribution in [0.25, 0.3) is 33.5 Å². The zero-order valence-electron chi connectivity index (χ0n) is 15.6. The Bertz CT molecular complexity index is 1120. The van der Waals surface area contributed by atoms with Crippen LogP contribution in [0.4, 0.5) is 0 Å². The minimum Gasteiger partial charge on any atom is -0.236 e. The van der Waals surface area contributed by atoms with Gasteiger partial charge in [0, 0.05) is 23.8 Å². The first-order valence-electron chi connectivity index (χ1n) is 8.83. The van der Waals surface area contributed by atoms with Gasteiger partial charge in [-0.2, -0.15) is 4.57 Å². The minimum atomic E-state index is 0.752. The molecule has 0 unspecified atom stereocenters. The summed E-state index contributed by atoms with van der Waals surface area (Å²) in [5.74, 6) is 0.752. The summed E-state index contributed by atoms with van der Waals surface area (Å²) in [6, 6.07) is 17.0. The second-order valence-electron chi connectivity index (χ2n) is 6.85. The van der Waals surface area contributed by atoms with Crippen molar-refractivity contribution in [3.05, 3.63) is 77.6 Å². The van der Waals surface area contributed by atoms with Gasteiger partial charge in [-0.3, -0.25) is 0 Å². The fraction of sp³-hybridized carbons (Fsp3) is 0.174. The lowest BCUT2D eigenvalue weighted by atomic mass is 9.94. The van der Waals surface area contributed by atoms with Crippen molar-refractivity contribution in [2.75, 3.05) is 0 Å². The largest absolute Gasteiger partial charge is 0.236 e. The molecule has 0 saturated carbocycles. The maximum absolute atomic E-state index is 4.53. The molecule has 0 atom stereocenters. The van der Waals surface area contributed by atoms with Gasteiger partial charge in [0.2, 0.25) is 11.2 Å². The van der Waals surface area contributed by atoms with E-state index in [1.807, 2.05) is 6.07 Å². The van der Waals surface area contributed by atoms with Crippen LogP contribution in [0.3, 0.4) is 0 Å². The Morgan fingerprint density at radius 3 is 2.31 bits per heavy atom. The molecule has 2 aromatic heterocycles. The molecule has 3 heteroatoms. The third kappa shape index (κ3) is 2.66. The van der Waals surface area contributed by atoms with E-state index in [0.29, 0.717) is 0 Å². The van der Waals surface area contributed by atoms with Crippen LogP contribution in [-0.4, -0.2) is 9.97 Å². The average molecular weight is 340 g/mol. The first-order valence-corrected chi connectivity index (χ1v) is 8.83. The van der Waals surface area contributed by atoms with Crippen LogP contribution in [0, 0.1) is 20.8 Å². The summed E-state index contributed by atoms with van der Waals surface area (Å²) in [7, 11) is 2.13.